The molecule has 3 rings (SSSR count). The van der Waals surface area contributed by atoms with Crippen LogP contribution in [0.3, 0.4) is 0 Å². The minimum absolute atomic E-state index is 0.330. The van der Waals surface area contributed by atoms with Crippen molar-refractivity contribution in [1.29, 1.82) is 0 Å². The molecule has 0 saturated carbocycles. The minimum Gasteiger partial charge on any atom is -0.305 e. The molecule has 3 aromatic rings. The largest absolute Gasteiger partial charge is 0.305 e. The van der Waals surface area contributed by atoms with E-state index >= 15 is 0 Å². The highest BCUT2D eigenvalue weighted by Crippen LogP contribution is 2.25. The molecule has 0 bridgehead atoms. The first-order valence-electron chi connectivity index (χ1n) is 8.43. The van der Waals surface area contributed by atoms with Gasteiger partial charge in [-0.3, -0.25) is 20.4 Å². The fourth-order valence-electron chi connectivity index (χ4n) is 2.36. The number of hydrazine groups is 1. The maximum absolute atomic E-state index is 13.1. The molecule has 144 valence electrons. The van der Waals surface area contributed by atoms with Crippen LogP contribution in [0.1, 0.15) is 17.3 Å². The number of hydrogen-bond acceptors (Lipinski definition) is 5. The van der Waals surface area contributed by atoms with Gasteiger partial charge in [0.15, 0.2) is 11.0 Å². The monoisotopic (exact) mass is 399 g/mol. The second-order valence-corrected chi connectivity index (χ2v) is 7.25. The SMILES string of the molecule is C[C@H](Sc1nnc(-c2ccc(F)cc2)n1C)C(=O)NNC(=O)c1ccccc1. The molecule has 0 aliphatic rings. The zero-order valence-electron chi connectivity index (χ0n) is 15.2. The standard InChI is InChI=1S/C19H18FN5O2S/c1-12(17(26)22-23-18(27)14-6-4-3-5-7-14)28-19-24-21-16(25(19)2)13-8-10-15(20)11-9-13/h3-12H,1-2H3,(H,22,26)(H,23,27)/t12-/m0/s1. The van der Waals surface area contributed by atoms with Crippen LogP contribution in [0.5, 0.6) is 0 Å². The van der Waals surface area contributed by atoms with E-state index in [0.717, 1.165) is 5.56 Å². The summed E-state index contributed by atoms with van der Waals surface area (Å²) in [4.78, 5) is 24.2. The summed E-state index contributed by atoms with van der Waals surface area (Å²) in [6.07, 6.45) is 0. The summed E-state index contributed by atoms with van der Waals surface area (Å²) in [6.45, 7) is 1.70. The Bertz CT molecular complexity index is 976. The average Bonchev–Trinajstić information content (AvgIpc) is 3.07. The second kappa shape index (κ2) is 8.66. The fourth-order valence-corrected chi connectivity index (χ4v) is 3.18. The highest BCUT2D eigenvalue weighted by atomic mass is 32.2. The van der Waals surface area contributed by atoms with E-state index in [9.17, 15) is 14.0 Å². The molecule has 0 aliphatic carbocycles. The summed E-state index contributed by atoms with van der Waals surface area (Å²) in [5.41, 5.74) is 5.96. The number of aromatic nitrogens is 3. The molecule has 1 atom stereocenters. The Morgan fingerprint density at radius 1 is 1.04 bits per heavy atom. The summed E-state index contributed by atoms with van der Waals surface area (Å²) in [7, 11) is 1.77. The lowest BCUT2D eigenvalue weighted by Gasteiger charge is -2.12. The molecule has 0 fully saturated rings. The number of hydrogen-bond donors (Lipinski definition) is 2. The number of halogens is 1. The van der Waals surface area contributed by atoms with Gasteiger partial charge in [0.1, 0.15) is 5.82 Å². The number of carbonyl (C=O) groups is 2. The Morgan fingerprint density at radius 3 is 2.39 bits per heavy atom. The number of rotatable bonds is 5. The van der Waals surface area contributed by atoms with E-state index in [0.29, 0.717) is 16.5 Å². The van der Waals surface area contributed by atoms with Gasteiger partial charge in [0.25, 0.3) is 11.8 Å². The summed E-state index contributed by atoms with van der Waals surface area (Å²) in [5, 5.41) is 8.20. The molecule has 1 heterocycles. The van der Waals surface area contributed by atoms with Crippen LogP contribution in [0.15, 0.2) is 59.8 Å². The van der Waals surface area contributed by atoms with E-state index in [-0.39, 0.29) is 11.7 Å². The van der Waals surface area contributed by atoms with Crippen LogP contribution >= 0.6 is 11.8 Å². The van der Waals surface area contributed by atoms with Crippen molar-refractivity contribution in [2.45, 2.75) is 17.3 Å². The number of nitrogens with one attached hydrogen (secondary N) is 2. The molecule has 0 saturated heterocycles. The van der Waals surface area contributed by atoms with Crippen molar-refractivity contribution in [3.8, 4) is 11.4 Å². The fraction of sp³-hybridized carbons (Fsp3) is 0.158. The van der Waals surface area contributed by atoms with Gasteiger partial charge in [-0.05, 0) is 43.3 Å². The summed E-state index contributed by atoms with van der Waals surface area (Å²) in [5.74, 6) is -0.542. The third-order valence-corrected chi connectivity index (χ3v) is 5.06. The summed E-state index contributed by atoms with van der Waals surface area (Å²) >= 11 is 1.20. The van der Waals surface area contributed by atoms with Crippen molar-refractivity contribution in [3.05, 3.63) is 66.0 Å². The van der Waals surface area contributed by atoms with Gasteiger partial charge in [-0.1, -0.05) is 30.0 Å². The normalized spacial score (nSPS) is 11.7. The van der Waals surface area contributed by atoms with Crippen LogP contribution in [-0.4, -0.2) is 31.8 Å². The smallest absolute Gasteiger partial charge is 0.269 e. The molecule has 2 amide bonds. The van der Waals surface area contributed by atoms with Crippen LogP contribution in [0, 0.1) is 5.82 Å². The van der Waals surface area contributed by atoms with Crippen LogP contribution in [0.25, 0.3) is 11.4 Å². The quantitative estimate of drug-likeness (QED) is 0.509. The zero-order valence-corrected chi connectivity index (χ0v) is 16.0. The highest BCUT2D eigenvalue weighted by Gasteiger charge is 2.20. The second-order valence-electron chi connectivity index (χ2n) is 5.94. The van der Waals surface area contributed by atoms with Crippen LogP contribution in [0.4, 0.5) is 4.39 Å². The lowest BCUT2D eigenvalue weighted by atomic mass is 10.2. The zero-order chi connectivity index (χ0) is 20.1. The van der Waals surface area contributed by atoms with E-state index in [2.05, 4.69) is 21.0 Å². The Hall–Kier alpha value is -3.20. The van der Waals surface area contributed by atoms with Crippen molar-refractivity contribution < 1.29 is 14.0 Å². The molecular formula is C19H18FN5O2S. The van der Waals surface area contributed by atoms with Gasteiger partial charge >= 0.3 is 0 Å². The Balaban J connectivity index is 1.60. The predicted molar refractivity (Wildman–Crippen MR) is 104 cm³/mol. The third kappa shape index (κ3) is 4.55. The predicted octanol–water partition coefficient (Wildman–Crippen LogP) is 2.56. The van der Waals surface area contributed by atoms with E-state index in [4.69, 9.17) is 0 Å². The summed E-state index contributed by atoms with van der Waals surface area (Å²) in [6, 6.07) is 14.5. The maximum atomic E-state index is 13.1. The number of thioether (sulfide) groups is 1. The number of nitrogens with zero attached hydrogens (tertiary/aromatic N) is 3. The van der Waals surface area contributed by atoms with Crippen LogP contribution in [0.2, 0.25) is 0 Å². The Labute approximate surface area is 165 Å². The molecule has 9 heteroatoms. The van der Waals surface area contributed by atoms with Crippen molar-refractivity contribution in [2.75, 3.05) is 0 Å². The minimum atomic E-state index is -0.528. The van der Waals surface area contributed by atoms with Gasteiger partial charge in [-0.2, -0.15) is 0 Å². The maximum Gasteiger partial charge on any atom is 0.269 e. The molecule has 0 aliphatic heterocycles. The number of carbonyl (C=O) groups excluding carboxylic acids is 2. The van der Waals surface area contributed by atoms with Gasteiger partial charge in [0, 0.05) is 18.2 Å². The van der Waals surface area contributed by atoms with Gasteiger partial charge in [0.2, 0.25) is 0 Å². The number of amides is 2. The molecule has 1 aromatic heterocycles. The molecular weight excluding hydrogens is 381 g/mol. The van der Waals surface area contributed by atoms with E-state index in [1.165, 1.54) is 23.9 Å². The Kier molecular flexibility index (Phi) is 6.05. The lowest BCUT2D eigenvalue weighted by Crippen LogP contribution is -2.44. The van der Waals surface area contributed by atoms with Crippen molar-refractivity contribution >= 4 is 23.6 Å². The third-order valence-electron chi connectivity index (χ3n) is 3.92. The molecule has 2 N–H and O–H groups in total. The van der Waals surface area contributed by atoms with Crippen LogP contribution < -0.4 is 10.9 Å². The van der Waals surface area contributed by atoms with Crippen LogP contribution in [-0.2, 0) is 11.8 Å². The van der Waals surface area contributed by atoms with Crippen molar-refractivity contribution in [3.63, 3.8) is 0 Å². The first-order chi connectivity index (χ1) is 13.5. The average molecular weight is 399 g/mol. The highest BCUT2D eigenvalue weighted by molar-refractivity contribution is 8.00. The lowest BCUT2D eigenvalue weighted by molar-refractivity contribution is -0.121. The van der Waals surface area contributed by atoms with Gasteiger partial charge in [-0.25, -0.2) is 4.39 Å². The van der Waals surface area contributed by atoms with E-state index in [1.54, 1.807) is 61.0 Å². The van der Waals surface area contributed by atoms with E-state index in [1.807, 2.05) is 0 Å². The molecule has 0 unspecified atom stereocenters. The molecule has 2 aromatic carbocycles. The molecule has 7 nitrogen and oxygen atoms in total. The summed E-state index contributed by atoms with van der Waals surface area (Å²) < 4.78 is 14.8. The van der Waals surface area contributed by atoms with Gasteiger partial charge in [0.05, 0.1) is 5.25 Å². The van der Waals surface area contributed by atoms with Crippen molar-refractivity contribution in [1.82, 2.24) is 25.6 Å². The molecule has 0 radical (unpaired) electrons. The first-order valence-corrected chi connectivity index (χ1v) is 9.31. The molecule has 28 heavy (non-hydrogen) atoms. The molecule has 0 spiro atoms. The number of benzene rings is 2. The Morgan fingerprint density at radius 2 is 1.71 bits per heavy atom. The van der Waals surface area contributed by atoms with Gasteiger partial charge < -0.3 is 4.57 Å². The first kappa shape index (κ1) is 19.6. The van der Waals surface area contributed by atoms with E-state index < -0.39 is 11.2 Å². The van der Waals surface area contributed by atoms with Gasteiger partial charge in [-0.15, -0.1) is 10.2 Å². The van der Waals surface area contributed by atoms with Crippen molar-refractivity contribution in [2.24, 2.45) is 7.05 Å². The topological polar surface area (TPSA) is 88.9 Å².